The van der Waals surface area contributed by atoms with Crippen molar-refractivity contribution < 1.29 is 13.6 Å². The third-order valence-corrected chi connectivity index (χ3v) is 4.14. The Balaban J connectivity index is 1.57. The van der Waals surface area contributed by atoms with E-state index < -0.39 is 11.6 Å². The smallest absolute Gasteiger partial charge is 0.224 e. The maximum atomic E-state index is 13.2. The van der Waals surface area contributed by atoms with E-state index in [2.05, 4.69) is 10.6 Å². The van der Waals surface area contributed by atoms with Crippen molar-refractivity contribution in [2.75, 3.05) is 13.1 Å². The number of hydrogen-bond donors (Lipinski definition) is 2. The highest BCUT2D eigenvalue weighted by atomic mass is 19.2. The molecule has 2 fully saturated rings. The van der Waals surface area contributed by atoms with Crippen LogP contribution in [0, 0.1) is 17.6 Å². The third kappa shape index (κ3) is 2.82. The fourth-order valence-electron chi connectivity index (χ4n) is 2.88. The number of piperidine rings is 1. The van der Waals surface area contributed by atoms with E-state index in [0.717, 1.165) is 38.4 Å². The second kappa shape index (κ2) is 5.48. The van der Waals surface area contributed by atoms with Crippen molar-refractivity contribution in [2.45, 2.75) is 31.2 Å². The molecule has 1 saturated carbocycles. The highest BCUT2D eigenvalue weighted by Gasteiger charge is 2.44. The van der Waals surface area contributed by atoms with E-state index in [9.17, 15) is 13.6 Å². The first-order valence-electron chi connectivity index (χ1n) is 7.11. The fourth-order valence-corrected chi connectivity index (χ4v) is 2.88. The van der Waals surface area contributed by atoms with Gasteiger partial charge in [-0.3, -0.25) is 4.79 Å². The predicted octanol–water partition coefficient (Wildman–Crippen LogP) is 1.94. The number of nitrogens with one attached hydrogen (secondary N) is 2. The molecule has 0 radical (unpaired) electrons. The van der Waals surface area contributed by atoms with Crippen LogP contribution in [0.15, 0.2) is 18.2 Å². The van der Waals surface area contributed by atoms with E-state index in [0.29, 0.717) is 5.56 Å². The standard InChI is InChI=1S/C15H18F2N2O/c16-13-4-3-9(6-14(13)17)11-7-12(11)15(20)19-10-2-1-5-18-8-10/h3-4,6,10-12,18H,1-2,5,7-8H2,(H,19,20). The Morgan fingerprint density at radius 2 is 2.15 bits per heavy atom. The van der Waals surface area contributed by atoms with Crippen molar-refractivity contribution in [2.24, 2.45) is 5.92 Å². The molecule has 2 aliphatic rings. The Kier molecular flexibility index (Phi) is 3.70. The lowest BCUT2D eigenvalue weighted by atomic mass is 10.1. The molecule has 3 atom stereocenters. The van der Waals surface area contributed by atoms with E-state index in [1.54, 1.807) is 6.07 Å². The van der Waals surface area contributed by atoms with Gasteiger partial charge in [0.25, 0.3) is 0 Å². The van der Waals surface area contributed by atoms with E-state index in [-0.39, 0.29) is 23.8 Å². The molecule has 1 saturated heterocycles. The van der Waals surface area contributed by atoms with Crippen molar-refractivity contribution in [3.05, 3.63) is 35.4 Å². The van der Waals surface area contributed by atoms with Crippen LogP contribution >= 0.6 is 0 Å². The number of carbonyl (C=O) groups is 1. The van der Waals surface area contributed by atoms with Crippen LogP contribution in [0.2, 0.25) is 0 Å². The molecule has 1 aromatic rings. The molecule has 1 aromatic carbocycles. The fraction of sp³-hybridized carbons (Fsp3) is 0.533. The van der Waals surface area contributed by atoms with Gasteiger partial charge in [0.1, 0.15) is 0 Å². The quantitative estimate of drug-likeness (QED) is 0.888. The average molecular weight is 280 g/mol. The van der Waals surface area contributed by atoms with Gasteiger partial charge >= 0.3 is 0 Å². The lowest BCUT2D eigenvalue weighted by molar-refractivity contribution is -0.123. The topological polar surface area (TPSA) is 41.1 Å². The van der Waals surface area contributed by atoms with E-state index in [1.807, 2.05) is 0 Å². The largest absolute Gasteiger partial charge is 0.352 e. The van der Waals surface area contributed by atoms with Gasteiger partial charge in [0.15, 0.2) is 11.6 Å². The predicted molar refractivity (Wildman–Crippen MR) is 71.2 cm³/mol. The molecule has 2 N–H and O–H groups in total. The molecule has 108 valence electrons. The summed E-state index contributed by atoms with van der Waals surface area (Å²) < 4.78 is 26.1. The summed E-state index contributed by atoms with van der Waals surface area (Å²) in [6.07, 6.45) is 2.79. The van der Waals surface area contributed by atoms with Crippen LogP contribution in [-0.2, 0) is 4.79 Å². The maximum Gasteiger partial charge on any atom is 0.224 e. The molecular formula is C15H18F2N2O. The minimum atomic E-state index is -0.844. The SMILES string of the molecule is O=C(NC1CCCNC1)C1CC1c1ccc(F)c(F)c1. The Morgan fingerprint density at radius 1 is 1.30 bits per heavy atom. The first-order chi connectivity index (χ1) is 9.65. The molecule has 0 aromatic heterocycles. The summed E-state index contributed by atoms with van der Waals surface area (Å²) in [5, 5.41) is 6.29. The van der Waals surface area contributed by atoms with Crippen molar-refractivity contribution in [1.82, 2.24) is 10.6 Å². The number of rotatable bonds is 3. The second-order valence-electron chi connectivity index (χ2n) is 5.67. The maximum absolute atomic E-state index is 13.2. The van der Waals surface area contributed by atoms with Crippen LogP contribution in [0.1, 0.15) is 30.7 Å². The van der Waals surface area contributed by atoms with Gasteiger partial charge in [0.2, 0.25) is 5.91 Å². The van der Waals surface area contributed by atoms with Crippen LogP contribution < -0.4 is 10.6 Å². The monoisotopic (exact) mass is 280 g/mol. The van der Waals surface area contributed by atoms with Crippen LogP contribution in [0.4, 0.5) is 8.78 Å². The van der Waals surface area contributed by atoms with Gasteiger partial charge in [-0.2, -0.15) is 0 Å². The first-order valence-corrected chi connectivity index (χ1v) is 7.11. The van der Waals surface area contributed by atoms with Gasteiger partial charge in [-0.15, -0.1) is 0 Å². The minimum Gasteiger partial charge on any atom is -0.352 e. The molecule has 1 heterocycles. The Labute approximate surface area is 116 Å². The van der Waals surface area contributed by atoms with Crippen molar-refractivity contribution in [1.29, 1.82) is 0 Å². The zero-order valence-corrected chi connectivity index (χ0v) is 11.2. The summed E-state index contributed by atoms with van der Waals surface area (Å²) in [4.78, 5) is 12.1. The number of halogens is 2. The summed E-state index contributed by atoms with van der Waals surface area (Å²) in [5.41, 5.74) is 0.714. The molecule has 1 amide bonds. The van der Waals surface area contributed by atoms with Crippen LogP contribution in [0.5, 0.6) is 0 Å². The second-order valence-corrected chi connectivity index (χ2v) is 5.67. The zero-order chi connectivity index (χ0) is 14.1. The van der Waals surface area contributed by atoms with Crippen molar-refractivity contribution in [3.63, 3.8) is 0 Å². The summed E-state index contributed by atoms with van der Waals surface area (Å²) in [5.74, 6) is -1.72. The molecular weight excluding hydrogens is 262 g/mol. The number of benzene rings is 1. The molecule has 1 aliphatic carbocycles. The first kappa shape index (κ1) is 13.5. The molecule has 3 unspecified atom stereocenters. The van der Waals surface area contributed by atoms with Crippen LogP contribution in [0.25, 0.3) is 0 Å². The molecule has 0 spiro atoms. The normalized spacial score (nSPS) is 29.0. The highest BCUT2D eigenvalue weighted by molar-refractivity contribution is 5.83. The average Bonchev–Trinajstić information content (AvgIpc) is 3.23. The Hall–Kier alpha value is -1.49. The van der Waals surface area contributed by atoms with E-state index >= 15 is 0 Å². The molecule has 1 aliphatic heterocycles. The Morgan fingerprint density at radius 3 is 2.85 bits per heavy atom. The molecule has 3 rings (SSSR count). The summed E-state index contributed by atoms with van der Waals surface area (Å²) in [7, 11) is 0. The van der Waals surface area contributed by atoms with Gasteiger partial charge in [0, 0.05) is 18.5 Å². The van der Waals surface area contributed by atoms with Gasteiger partial charge in [-0.1, -0.05) is 6.07 Å². The highest BCUT2D eigenvalue weighted by Crippen LogP contribution is 2.47. The molecule has 20 heavy (non-hydrogen) atoms. The van der Waals surface area contributed by atoms with Gasteiger partial charge in [-0.25, -0.2) is 8.78 Å². The van der Waals surface area contributed by atoms with Gasteiger partial charge in [0.05, 0.1) is 0 Å². The number of amides is 1. The zero-order valence-electron chi connectivity index (χ0n) is 11.2. The minimum absolute atomic E-state index is 0.0293. The van der Waals surface area contributed by atoms with E-state index in [1.165, 1.54) is 6.07 Å². The lowest BCUT2D eigenvalue weighted by Crippen LogP contribution is -2.46. The summed E-state index contributed by atoms with van der Waals surface area (Å²) >= 11 is 0. The van der Waals surface area contributed by atoms with Crippen LogP contribution in [0.3, 0.4) is 0 Å². The molecule has 0 bridgehead atoms. The summed E-state index contributed by atoms with van der Waals surface area (Å²) in [6.45, 7) is 1.82. The third-order valence-electron chi connectivity index (χ3n) is 4.14. The van der Waals surface area contributed by atoms with Crippen LogP contribution in [-0.4, -0.2) is 25.0 Å². The lowest BCUT2D eigenvalue weighted by Gasteiger charge is -2.23. The summed E-state index contributed by atoms with van der Waals surface area (Å²) in [6, 6.07) is 4.10. The molecule has 5 heteroatoms. The van der Waals surface area contributed by atoms with E-state index in [4.69, 9.17) is 0 Å². The van der Waals surface area contributed by atoms with Crippen molar-refractivity contribution in [3.8, 4) is 0 Å². The van der Waals surface area contributed by atoms with Gasteiger partial charge in [-0.05, 0) is 49.4 Å². The van der Waals surface area contributed by atoms with Gasteiger partial charge < -0.3 is 10.6 Å². The Bertz CT molecular complexity index is 515. The number of carbonyl (C=O) groups excluding carboxylic acids is 1. The molecule has 3 nitrogen and oxygen atoms in total. The number of hydrogen-bond acceptors (Lipinski definition) is 2. The van der Waals surface area contributed by atoms with Crippen molar-refractivity contribution >= 4 is 5.91 Å².